The van der Waals surface area contributed by atoms with E-state index in [1.54, 1.807) is 6.21 Å². The summed E-state index contributed by atoms with van der Waals surface area (Å²) in [5, 5.41) is 9.69. The van der Waals surface area contributed by atoms with E-state index in [9.17, 15) is 4.79 Å². The maximum Gasteiger partial charge on any atom is 0.221 e. The molecule has 0 saturated carbocycles. The number of hydrazone groups is 1. The minimum Gasteiger partial charge on any atom is -0.493 e. The Morgan fingerprint density at radius 1 is 1.24 bits per heavy atom. The van der Waals surface area contributed by atoms with E-state index >= 15 is 0 Å². The third-order valence-corrected chi connectivity index (χ3v) is 4.57. The highest BCUT2D eigenvalue weighted by atomic mass is 32.1. The molecular formula is C22H24N4O2S. The van der Waals surface area contributed by atoms with Crippen molar-refractivity contribution >= 4 is 34.3 Å². The SMILES string of the molecule is CC(=O)Nc1ccc(-c2csc(N/N=C\c3cccc(OCC(C)C)c3)n2)cc1. The number of nitrogens with zero attached hydrogens (tertiary/aromatic N) is 2. The van der Waals surface area contributed by atoms with Crippen molar-refractivity contribution in [2.75, 3.05) is 17.3 Å². The number of ether oxygens (including phenoxy) is 1. The fraction of sp³-hybridized carbons (Fsp3) is 0.227. The van der Waals surface area contributed by atoms with Crippen molar-refractivity contribution in [3.8, 4) is 17.0 Å². The third-order valence-electron chi connectivity index (χ3n) is 3.82. The maximum absolute atomic E-state index is 11.1. The zero-order valence-corrected chi connectivity index (χ0v) is 17.5. The van der Waals surface area contributed by atoms with Gasteiger partial charge in [-0.2, -0.15) is 5.10 Å². The van der Waals surface area contributed by atoms with Gasteiger partial charge in [-0.1, -0.05) is 38.1 Å². The number of carbonyl (C=O) groups excluding carboxylic acids is 1. The van der Waals surface area contributed by atoms with Crippen molar-refractivity contribution in [1.82, 2.24) is 4.98 Å². The topological polar surface area (TPSA) is 75.6 Å². The van der Waals surface area contributed by atoms with Gasteiger partial charge in [0.05, 0.1) is 18.5 Å². The molecule has 0 fully saturated rings. The van der Waals surface area contributed by atoms with Crippen LogP contribution in [0.25, 0.3) is 11.3 Å². The molecule has 0 bridgehead atoms. The first-order valence-electron chi connectivity index (χ1n) is 9.35. The number of hydrogen-bond acceptors (Lipinski definition) is 6. The molecule has 1 aromatic heterocycles. The molecular weight excluding hydrogens is 384 g/mol. The number of amides is 1. The standard InChI is InChI=1S/C22H24N4O2S/c1-15(2)13-28-20-6-4-5-17(11-20)12-23-26-22-25-21(14-29-22)18-7-9-19(10-8-18)24-16(3)27/h4-12,14-15H,13H2,1-3H3,(H,24,27)(H,25,26)/b23-12-. The van der Waals surface area contributed by atoms with Crippen LogP contribution in [0.3, 0.4) is 0 Å². The van der Waals surface area contributed by atoms with Gasteiger partial charge in [-0.05, 0) is 35.7 Å². The molecule has 0 atom stereocenters. The molecule has 1 heterocycles. The highest BCUT2D eigenvalue weighted by Crippen LogP contribution is 2.26. The summed E-state index contributed by atoms with van der Waals surface area (Å²) in [5.41, 5.74) is 6.51. The van der Waals surface area contributed by atoms with Crippen LogP contribution in [0.15, 0.2) is 59.0 Å². The summed E-state index contributed by atoms with van der Waals surface area (Å²) in [4.78, 5) is 15.7. The second-order valence-corrected chi connectivity index (χ2v) is 7.80. The fourth-order valence-corrected chi connectivity index (χ4v) is 3.16. The predicted molar refractivity (Wildman–Crippen MR) is 120 cm³/mol. The minimum absolute atomic E-state index is 0.0900. The van der Waals surface area contributed by atoms with Gasteiger partial charge in [-0.3, -0.25) is 10.2 Å². The smallest absolute Gasteiger partial charge is 0.221 e. The number of thiazole rings is 1. The Morgan fingerprint density at radius 2 is 2.03 bits per heavy atom. The first-order chi connectivity index (χ1) is 14.0. The van der Waals surface area contributed by atoms with Crippen LogP contribution in [-0.2, 0) is 4.79 Å². The molecule has 0 spiro atoms. The van der Waals surface area contributed by atoms with Crippen molar-refractivity contribution in [1.29, 1.82) is 0 Å². The number of hydrogen-bond donors (Lipinski definition) is 2. The average Bonchev–Trinajstić information content (AvgIpc) is 3.16. The van der Waals surface area contributed by atoms with E-state index < -0.39 is 0 Å². The molecule has 0 saturated heterocycles. The Balaban J connectivity index is 1.59. The summed E-state index contributed by atoms with van der Waals surface area (Å²) >= 11 is 1.48. The van der Waals surface area contributed by atoms with Crippen LogP contribution in [-0.4, -0.2) is 23.7 Å². The molecule has 2 aromatic carbocycles. The Morgan fingerprint density at radius 3 is 2.76 bits per heavy atom. The van der Waals surface area contributed by atoms with Crippen LogP contribution in [0.4, 0.5) is 10.8 Å². The quantitative estimate of drug-likeness (QED) is 0.394. The number of benzene rings is 2. The van der Waals surface area contributed by atoms with E-state index in [1.807, 2.05) is 53.9 Å². The molecule has 3 rings (SSSR count). The van der Waals surface area contributed by atoms with Crippen LogP contribution < -0.4 is 15.5 Å². The summed E-state index contributed by atoms with van der Waals surface area (Å²) in [6.07, 6.45) is 1.74. The van der Waals surface area contributed by atoms with E-state index in [4.69, 9.17) is 4.74 Å². The lowest BCUT2D eigenvalue weighted by Crippen LogP contribution is -2.05. The van der Waals surface area contributed by atoms with Gasteiger partial charge in [0.2, 0.25) is 11.0 Å². The molecule has 3 aromatic rings. The highest BCUT2D eigenvalue weighted by molar-refractivity contribution is 7.14. The molecule has 29 heavy (non-hydrogen) atoms. The van der Waals surface area contributed by atoms with E-state index in [0.717, 1.165) is 28.3 Å². The molecule has 6 nitrogen and oxygen atoms in total. The van der Waals surface area contributed by atoms with Crippen molar-refractivity contribution < 1.29 is 9.53 Å². The second kappa shape index (κ2) is 9.84. The molecule has 1 amide bonds. The first-order valence-corrected chi connectivity index (χ1v) is 10.2. The zero-order chi connectivity index (χ0) is 20.6. The van der Waals surface area contributed by atoms with Gasteiger partial charge < -0.3 is 10.1 Å². The average molecular weight is 409 g/mol. The molecule has 2 N–H and O–H groups in total. The van der Waals surface area contributed by atoms with Crippen molar-refractivity contribution in [3.63, 3.8) is 0 Å². The van der Waals surface area contributed by atoms with Crippen LogP contribution in [0.1, 0.15) is 26.3 Å². The molecule has 0 aliphatic rings. The number of aromatic nitrogens is 1. The lowest BCUT2D eigenvalue weighted by molar-refractivity contribution is -0.114. The van der Waals surface area contributed by atoms with Gasteiger partial charge in [0.25, 0.3) is 0 Å². The highest BCUT2D eigenvalue weighted by Gasteiger charge is 2.05. The summed E-state index contributed by atoms with van der Waals surface area (Å²) in [7, 11) is 0. The van der Waals surface area contributed by atoms with Gasteiger partial charge in [0.15, 0.2) is 0 Å². The van der Waals surface area contributed by atoms with E-state index in [2.05, 4.69) is 34.7 Å². The van der Waals surface area contributed by atoms with Gasteiger partial charge in [0, 0.05) is 23.6 Å². The number of anilines is 2. The first kappa shape index (κ1) is 20.5. The van der Waals surface area contributed by atoms with Crippen LogP contribution in [0, 0.1) is 5.92 Å². The molecule has 0 aliphatic heterocycles. The van der Waals surface area contributed by atoms with Crippen molar-refractivity contribution in [2.45, 2.75) is 20.8 Å². The minimum atomic E-state index is -0.0900. The zero-order valence-electron chi connectivity index (χ0n) is 16.7. The Bertz CT molecular complexity index is 980. The Labute approximate surface area is 174 Å². The summed E-state index contributed by atoms with van der Waals surface area (Å²) in [6.45, 7) is 6.41. The molecule has 7 heteroatoms. The Kier molecular flexibility index (Phi) is 6.97. The lowest BCUT2D eigenvalue weighted by Gasteiger charge is -2.08. The van der Waals surface area contributed by atoms with Gasteiger partial charge in [-0.15, -0.1) is 11.3 Å². The molecule has 150 valence electrons. The number of nitrogens with one attached hydrogen (secondary N) is 2. The second-order valence-electron chi connectivity index (χ2n) is 6.94. The molecule has 0 unspecified atom stereocenters. The van der Waals surface area contributed by atoms with E-state index in [-0.39, 0.29) is 5.91 Å². The van der Waals surface area contributed by atoms with Crippen LogP contribution in [0.5, 0.6) is 5.75 Å². The number of rotatable bonds is 8. The molecule has 0 aliphatic carbocycles. The lowest BCUT2D eigenvalue weighted by atomic mass is 10.1. The third kappa shape index (κ3) is 6.43. The van der Waals surface area contributed by atoms with Gasteiger partial charge in [-0.25, -0.2) is 4.98 Å². The van der Waals surface area contributed by atoms with Crippen LogP contribution >= 0.6 is 11.3 Å². The normalized spacial score (nSPS) is 11.0. The monoisotopic (exact) mass is 408 g/mol. The summed E-state index contributed by atoms with van der Waals surface area (Å²) in [6, 6.07) is 15.4. The van der Waals surface area contributed by atoms with Crippen molar-refractivity contribution in [2.24, 2.45) is 11.0 Å². The van der Waals surface area contributed by atoms with Gasteiger partial charge in [0.1, 0.15) is 5.75 Å². The predicted octanol–water partition coefficient (Wildman–Crippen LogP) is 5.25. The summed E-state index contributed by atoms with van der Waals surface area (Å²) < 4.78 is 5.74. The summed E-state index contributed by atoms with van der Waals surface area (Å²) in [5.74, 6) is 1.23. The van der Waals surface area contributed by atoms with E-state index in [0.29, 0.717) is 17.7 Å². The van der Waals surface area contributed by atoms with Crippen LogP contribution in [0.2, 0.25) is 0 Å². The van der Waals surface area contributed by atoms with E-state index in [1.165, 1.54) is 18.3 Å². The largest absolute Gasteiger partial charge is 0.493 e. The van der Waals surface area contributed by atoms with Gasteiger partial charge >= 0.3 is 0 Å². The Hall–Kier alpha value is -3.19. The van der Waals surface area contributed by atoms with Crippen molar-refractivity contribution in [3.05, 3.63) is 59.5 Å². The maximum atomic E-state index is 11.1. The number of carbonyl (C=O) groups is 1. The fourth-order valence-electron chi connectivity index (χ4n) is 2.49. The molecule has 0 radical (unpaired) electrons.